The van der Waals surface area contributed by atoms with Crippen LogP contribution in [0, 0.1) is 18.3 Å². The summed E-state index contributed by atoms with van der Waals surface area (Å²) in [7, 11) is 0. The zero-order chi connectivity index (χ0) is 12.8. The second kappa shape index (κ2) is 5.90. The molecule has 1 rings (SSSR count). The van der Waals surface area contributed by atoms with E-state index in [-0.39, 0.29) is 6.54 Å². The van der Waals surface area contributed by atoms with Gasteiger partial charge in [0.15, 0.2) is 0 Å². The summed E-state index contributed by atoms with van der Waals surface area (Å²) in [6.45, 7) is 4.46. The second-order valence-electron chi connectivity index (χ2n) is 3.95. The molecule has 1 N–H and O–H groups in total. The molecule has 0 amide bonds. The average Bonchev–Trinajstić information content (AvgIpc) is 2.28. The quantitative estimate of drug-likeness (QED) is 0.845. The minimum atomic E-state index is -0.885. The van der Waals surface area contributed by atoms with Crippen molar-refractivity contribution >= 4 is 11.7 Å². The summed E-state index contributed by atoms with van der Waals surface area (Å²) in [5.41, 5.74) is 2.24. The van der Waals surface area contributed by atoms with Gasteiger partial charge in [0.1, 0.15) is 12.6 Å². The number of carboxylic acids is 1. The lowest BCUT2D eigenvalue weighted by Gasteiger charge is -2.23. The average molecular weight is 232 g/mol. The Hall–Kier alpha value is -2.02. The van der Waals surface area contributed by atoms with Crippen LogP contribution in [0.2, 0.25) is 0 Å². The van der Waals surface area contributed by atoms with Gasteiger partial charge in [0.25, 0.3) is 0 Å². The molecule has 1 aromatic rings. The fourth-order valence-corrected chi connectivity index (χ4v) is 1.72. The SMILES string of the molecule is CCCN(CC(=O)O)c1cc(C)ccc1C#N. The normalized spacial score (nSPS) is 9.71. The van der Waals surface area contributed by atoms with E-state index in [0.717, 1.165) is 12.0 Å². The van der Waals surface area contributed by atoms with Crippen molar-refractivity contribution in [3.8, 4) is 6.07 Å². The zero-order valence-corrected chi connectivity index (χ0v) is 10.1. The summed E-state index contributed by atoms with van der Waals surface area (Å²) >= 11 is 0. The molecule has 4 heteroatoms. The van der Waals surface area contributed by atoms with E-state index in [0.29, 0.717) is 17.8 Å². The predicted molar refractivity (Wildman–Crippen MR) is 66.0 cm³/mol. The number of hydrogen-bond acceptors (Lipinski definition) is 3. The lowest BCUT2D eigenvalue weighted by atomic mass is 10.1. The van der Waals surface area contributed by atoms with Crippen molar-refractivity contribution in [1.29, 1.82) is 5.26 Å². The third kappa shape index (κ3) is 3.49. The molecule has 0 aliphatic carbocycles. The number of nitrogens with zero attached hydrogens (tertiary/aromatic N) is 2. The van der Waals surface area contributed by atoms with E-state index in [1.165, 1.54) is 0 Å². The van der Waals surface area contributed by atoms with E-state index in [2.05, 4.69) is 6.07 Å². The Morgan fingerprint density at radius 3 is 2.76 bits per heavy atom. The largest absolute Gasteiger partial charge is 0.480 e. The van der Waals surface area contributed by atoms with Gasteiger partial charge in [-0.1, -0.05) is 13.0 Å². The van der Waals surface area contributed by atoms with Gasteiger partial charge in [-0.05, 0) is 31.0 Å². The molecule has 0 aliphatic rings. The van der Waals surface area contributed by atoms with Gasteiger partial charge in [0.2, 0.25) is 0 Å². The van der Waals surface area contributed by atoms with Crippen LogP contribution in [0.1, 0.15) is 24.5 Å². The van der Waals surface area contributed by atoms with Crippen molar-refractivity contribution in [2.45, 2.75) is 20.3 Å². The molecule has 0 radical (unpaired) electrons. The summed E-state index contributed by atoms with van der Waals surface area (Å²) in [5, 5.41) is 17.9. The summed E-state index contributed by atoms with van der Waals surface area (Å²) in [6, 6.07) is 7.54. The Morgan fingerprint density at radius 2 is 2.24 bits per heavy atom. The van der Waals surface area contributed by atoms with Crippen molar-refractivity contribution in [3.05, 3.63) is 29.3 Å². The number of anilines is 1. The summed E-state index contributed by atoms with van der Waals surface area (Å²) in [5.74, 6) is -0.885. The highest BCUT2D eigenvalue weighted by molar-refractivity contribution is 5.75. The van der Waals surface area contributed by atoms with Gasteiger partial charge in [0.05, 0.1) is 11.3 Å². The maximum absolute atomic E-state index is 10.8. The van der Waals surface area contributed by atoms with E-state index < -0.39 is 5.97 Å². The Bertz CT molecular complexity index is 449. The molecule has 0 saturated heterocycles. The smallest absolute Gasteiger partial charge is 0.323 e. The first-order chi connectivity index (χ1) is 8.08. The maximum Gasteiger partial charge on any atom is 0.323 e. The van der Waals surface area contributed by atoms with Gasteiger partial charge in [-0.25, -0.2) is 0 Å². The van der Waals surface area contributed by atoms with Crippen LogP contribution in [0.5, 0.6) is 0 Å². The number of benzene rings is 1. The summed E-state index contributed by atoms with van der Waals surface area (Å²) in [6.07, 6.45) is 0.839. The predicted octanol–water partition coefficient (Wildman–Crippen LogP) is 2.17. The van der Waals surface area contributed by atoms with Gasteiger partial charge >= 0.3 is 5.97 Å². The van der Waals surface area contributed by atoms with Crippen LogP contribution in [0.15, 0.2) is 18.2 Å². The third-order valence-corrected chi connectivity index (χ3v) is 2.43. The number of carbonyl (C=O) groups is 1. The lowest BCUT2D eigenvalue weighted by Crippen LogP contribution is -2.31. The number of rotatable bonds is 5. The molecule has 0 saturated carbocycles. The number of carboxylic acid groups (broad SMARTS) is 1. The van der Waals surface area contributed by atoms with Crippen molar-refractivity contribution in [3.63, 3.8) is 0 Å². The molecular formula is C13H16N2O2. The topological polar surface area (TPSA) is 64.3 Å². The molecule has 0 unspecified atom stereocenters. The van der Waals surface area contributed by atoms with Crippen LogP contribution in [-0.2, 0) is 4.79 Å². The van der Waals surface area contributed by atoms with Crippen LogP contribution in [0.4, 0.5) is 5.69 Å². The van der Waals surface area contributed by atoms with Gasteiger partial charge in [0, 0.05) is 6.54 Å². The maximum atomic E-state index is 10.8. The molecular weight excluding hydrogens is 216 g/mol. The Labute approximate surface area is 101 Å². The Balaban J connectivity index is 3.12. The van der Waals surface area contributed by atoms with E-state index in [1.807, 2.05) is 26.0 Å². The molecule has 0 aliphatic heterocycles. The molecule has 0 atom stereocenters. The first kappa shape index (κ1) is 13.0. The van der Waals surface area contributed by atoms with Crippen LogP contribution in [-0.4, -0.2) is 24.2 Å². The summed E-state index contributed by atoms with van der Waals surface area (Å²) in [4.78, 5) is 12.5. The van der Waals surface area contributed by atoms with Crippen molar-refractivity contribution in [2.24, 2.45) is 0 Å². The van der Waals surface area contributed by atoms with Gasteiger partial charge < -0.3 is 10.0 Å². The van der Waals surface area contributed by atoms with E-state index in [9.17, 15) is 4.79 Å². The highest BCUT2D eigenvalue weighted by Crippen LogP contribution is 2.21. The van der Waals surface area contributed by atoms with Crippen LogP contribution >= 0.6 is 0 Å². The molecule has 0 heterocycles. The molecule has 4 nitrogen and oxygen atoms in total. The Kier molecular flexibility index (Phi) is 4.53. The first-order valence-electron chi connectivity index (χ1n) is 5.56. The second-order valence-corrected chi connectivity index (χ2v) is 3.95. The monoisotopic (exact) mass is 232 g/mol. The third-order valence-electron chi connectivity index (χ3n) is 2.43. The van der Waals surface area contributed by atoms with Gasteiger partial charge in [-0.3, -0.25) is 4.79 Å². The van der Waals surface area contributed by atoms with Crippen LogP contribution < -0.4 is 4.90 Å². The van der Waals surface area contributed by atoms with Crippen LogP contribution in [0.3, 0.4) is 0 Å². The number of aliphatic carboxylic acids is 1. The van der Waals surface area contributed by atoms with Crippen molar-refractivity contribution in [2.75, 3.05) is 18.0 Å². The van der Waals surface area contributed by atoms with Crippen LogP contribution in [0.25, 0.3) is 0 Å². The minimum absolute atomic E-state index is 0.0774. The molecule has 17 heavy (non-hydrogen) atoms. The zero-order valence-electron chi connectivity index (χ0n) is 10.1. The van der Waals surface area contributed by atoms with Crippen molar-refractivity contribution in [1.82, 2.24) is 0 Å². The van der Waals surface area contributed by atoms with Gasteiger partial charge in [-0.15, -0.1) is 0 Å². The van der Waals surface area contributed by atoms with E-state index >= 15 is 0 Å². The molecule has 0 spiro atoms. The fourth-order valence-electron chi connectivity index (χ4n) is 1.72. The minimum Gasteiger partial charge on any atom is -0.480 e. The number of hydrogen-bond donors (Lipinski definition) is 1. The molecule has 0 bridgehead atoms. The fraction of sp³-hybridized carbons (Fsp3) is 0.385. The molecule has 1 aromatic carbocycles. The first-order valence-corrected chi connectivity index (χ1v) is 5.56. The Morgan fingerprint density at radius 1 is 1.53 bits per heavy atom. The van der Waals surface area contributed by atoms with Crippen molar-refractivity contribution < 1.29 is 9.90 Å². The van der Waals surface area contributed by atoms with Gasteiger partial charge in [-0.2, -0.15) is 5.26 Å². The number of aryl methyl sites for hydroxylation is 1. The highest BCUT2D eigenvalue weighted by Gasteiger charge is 2.13. The van der Waals surface area contributed by atoms with E-state index in [4.69, 9.17) is 10.4 Å². The summed E-state index contributed by atoms with van der Waals surface area (Å²) < 4.78 is 0. The number of nitriles is 1. The molecule has 90 valence electrons. The highest BCUT2D eigenvalue weighted by atomic mass is 16.4. The molecule has 0 fully saturated rings. The standard InChI is InChI=1S/C13H16N2O2/c1-3-6-15(9-13(16)17)12-7-10(2)4-5-11(12)8-14/h4-5,7H,3,6,9H2,1-2H3,(H,16,17). The van der Waals surface area contributed by atoms with E-state index in [1.54, 1.807) is 11.0 Å². The lowest BCUT2D eigenvalue weighted by molar-refractivity contribution is -0.135. The molecule has 0 aromatic heterocycles.